The summed E-state index contributed by atoms with van der Waals surface area (Å²) in [5.74, 6) is 1.64. The van der Waals surface area contributed by atoms with Gasteiger partial charge in [0.1, 0.15) is 16.5 Å². The third kappa shape index (κ3) is 3.22. The average molecular weight is 308 g/mol. The number of rotatable bonds is 5. The zero-order chi connectivity index (χ0) is 15.4. The number of hydrogen-bond donors (Lipinski definition) is 2. The van der Waals surface area contributed by atoms with E-state index in [1.807, 2.05) is 13.0 Å². The van der Waals surface area contributed by atoms with Crippen molar-refractivity contribution in [1.82, 2.24) is 9.97 Å². The molecule has 0 amide bonds. The number of nitrogens with two attached hydrogens (primary N) is 1. The summed E-state index contributed by atoms with van der Waals surface area (Å²) in [6, 6.07) is 3.54. The van der Waals surface area contributed by atoms with Crippen LogP contribution < -0.4 is 15.2 Å². The number of nitrogens with zero attached hydrogens (tertiary/aromatic N) is 3. The van der Waals surface area contributed by atoms with E-state index < -0.39 is 0 Å². The Hall–Kier alpha value is -2.35. The smallest absolute Gasteiger partial charge is 0.216 e. The number of aromatic nitrogens is 2. The van der Waals surface area contributed by atoms with Gasteiger partial charge in [-0.3, -0.25) is 0 Å². The lowest BCUT2D eigenvalue weighted by molar-refractivity contribution is 0.317. The molecule has 3 N–H and O–H groups in total. The molecule has 0 saturated heterocycles. The minimum Gasteiger partial charge on any atom is -0.492 e. The molecule has 0 aliphatic carbocycles. The molecule has 0 aromatic carbocycles. The predicted molar refractivity (Wildman–Crippen MR) is 80.3 cm³/mol. The fourth-order valence-electron chi connectivity index (χ4n) is 1.76. The van der Waals surface area contributed by atoms with Crippen molar-refractivity contribution in [2.45, 2.75) is 13.8 Å². The highest BCUT2D eigenvalue weighted by molar-refractivity contribution is 7.17. The van der Waals surface area contributed by atoms with E-state index in [1.54, 1.807) is 20.1 Å². The fourth-order valence-corrected chi connectivity index (χ4v) is 2.72. The number of aryl methyl sites for hydroxylation is 1. The van der Waals surface area contributed by atoms with Gasteiger partial charge in [-0.25, -0.2) is 4.98 Å². The lowest BCUT2D eigenvalue weighted by Gasteiger charge is -2.02. The minimum atomic E-state index is 0.00689. The van der Waals surface area contributed by atoms with Crippen LogP contribution in [0.4, 0.5) is 0 Å². The Morgan fingerprint density at radius 2 is 2.19 bits per heavy atom. The van der Waals surface area contributed by atoms with Gasteiger partial charge >= 0.3 is 0 Å². The van der Waals surface area contributed by atoms with Crippen LogP contribution in [0.3, 0.4) is 0 Å². The van der Waals surface area contributed by atoms with Gasteiger partial charge in [-0.05, 0) is 13.8 Å². The number of amidine groups is 1. The van der Waals surface area contributed by atoms with Crippen LogP contribution in [0, 0.1) is 6.92 Å². The number of ether oxygens (including phenoxy) is 2. The number of hydrogen-bond acceptors (Lipinski definition) is 7. The first-order chi connectivity index (χ1) is 10.1. The van der Waals surface area contributed by atoms with Crippen molar-refractivity contribution < 1.29 is 14.7 Å². The molecule has 0 unspecified atom stereocenters. The molecule has 0 radical (unpaired) electrons. The summed E-state index contributed by atoms with van der Waals surface area (Å²) in [7, 11) is 1.55. The van der Waals surface area contributed by atoms with Gasteiger partial charge in [0.15, 0.2) is 5.84 Å². The highest BCUT2D eigenvalue weighted by Crippen LogP contribution is 2.36. The molecule has 2 heterocycles. The van der Waals surface area contributed by atoms with Gasteiger partial charge in [-0.2, -0.15) is 4.98 Å². The first kappa shape index (κ1) is 15.0. The van der Waals surface area contributed by atoms with Gasteiger partial charge < -0.3 is 20.4 Å². The summed E-state index contributed by atoms with van der Waals surface area (Å²) in [4.78, 5) is 9.90. The highest BCUT2D eigenvalue weighted by Gasteiger charge is 2.17. The molecule has 0 aliphatic heterocycles. The van der Waals surface area contributed by atoms with Gasteiger partial charge in [0, 0.05) is 12.1 Å². The molecule has 112 valence electrons. The van der Waals surface area contributed by atoms with Crippen molar-refractivity contribution >= 4 is 17.2 Å². The zero-order valence-electron chi connectivity index (χ0n) is 12.0. The van der Waals surface area contributed by atoms with Crippen LogP contribution in [-0.2, 0) is 0 Å². The monoisotopic (exact) mass is 308 g/mol. The Kier molecular flexibility index (Phi) is 4.59. The molecule has 2 aromatic heterocycles. The van der Waals surface area contributed by atoms with Crippen LogP contribution in [0.1, 0.15) is 17.6 Å². The van der Waals surface area contributed by atoms with Crippen molar-refractivity contribution in [1.29, 1.82) is 0 Å². The SMILES string of the molecule is CCOc1cc(-c2cc(OC)nc(C)n2)sc1/C(N)=N/O. The second-order valence-corrected chi connectivity index (χ2v) is 5.12. The summed E-state index contributed by atoms with van der Waals surface area (Å²) in [6.45, 7) is 4.13. The number of methoxy groups -OCH3 is 1. The molecule has 8 heteroatoms. The molecule has 21 heavy (non-hydrogen) atoms. The number of thiophene rings is 1. The lowest BCUT2D eigenvalue weighted by atomic mass is 10.3. The van der Waals surface area contributed by atoms with Crippen molar-refractivity contribution in [3.05, 3.63) is 22.8 Å². The van der Waals surface area contributed by atoms with E-state index in [2.05, 4.69) is 15.1 Å². The maximum atomic E-state index is 8.86. The Bertz CT molecular complexity index is 669. The predicted octanol–water partition coefficient (Wildman–Crippen LogP) is 2.02. The summed E-state index contributed by atoms with van der Waals surface area (Å²) in [6.07, 6.45) is 0. The van der Waals surface area contributed by atoms with Gasteiger partial charge in [-0.1, -0.05) is 5.16 Å². The third-order valence-electron chi connectivity index (χ3n) is 2.61. The van der Waals surface area contributed by atoms with Crippen LogP contribution in [0.25, 0.3) is 10.6 Å². The third-order valence-corrected chi connectivity index (χ3v) is 3.78. The summed E-state index contributed by atoms with van der Waals surface area (Å²) >= 11 is 1.33. The molecule has 0 spiro atoms. The quantitative estimate of drug-likeness (QED) is 0.379. The van der Waals surface area contributed by atoms with E-state index in [-0.39, 0.29) is 5.84 Å². The molecular formula is C13H16N4O3S. The van der Waals surface area contributed by atoms with Crippen LogP contribution in [0.15, 0.2) is 17.3 Å². The van der Waals surface area contributed by atoms with Crippen molar-refractivity contribution in [2.24, 2.45) is 10.9 Å². The fraction of sp³-hybridized carbons (Fsp3) is 0.308. The van der Waals surface area contributed by atoms with Crippen LogP contribution in [-0.4, -0.2) is 34.7 Å². The van der Waals surface area contributed by atoms with Gasteiger partial charge in [0.2, 0.25) is 5.88 Å². The molecule has 0 saturated carbocycles. The molecule has 0 fully saturated rings. The van der Waals surface area contributed by atoms with E-state index >= 15 is 0 Å². The summed E-state index contributed by atoms with van der Waals surface area (Å²) in [5, 5.41) is 11.9. The van der Waals surface area contributed by atoms with Gasteiger partial charge in [0.25, 0.3) is 0 Å². The van der Waals surface area contributed by atoms with E-state index in [0.29, 0.717) is 34.6 Å². The van der Waals surface area contributed by atoms with Crippen LogP contribution in [0.5, 0.6) is 11.6 Å². The molecular weight excluding hydrogens is 292 g/mol. The van der Waals surface area contributed by atoms with Crippen molar-refractivity contribution in [3.8, 4) is 22.2 Å². The van der Waals surface area contributed by atoms with E-state index in [4.69, 9.17) is 20.4 Å². The molecule has 0 atom stereocenters. The Labute approximate surface area is 126 Å². The molecule has 0 aliphatic rings. The Morgan fingerprint density at radius 3 is 2.81 bits per heavy atom. The van der Waals surface area contributed by atoms with Gasteiger partial charge in [-0.15, -0.1) is 11.3 Å². The minimum absolute atomic E-state index is 0.00689. The maximum absolute atomic E-state index is 8.86. The van der Waals surface area contributed by atoms with Gasteiger partial charge in [0.05, 0.1) is 24.3 Å². The van der Waals surface area contributed by atoms with E-state index in [0.717, 1.165) is 4.88 Å². The molecule has 7 nitrogen and oxygen atoms in total. The highest BCUT2D eigenvalue weighted by atomic mass is 32.1. The van der Waals surface area contributed by atoms with Crippen LogP contribution in [0.2, 0.25) is 0 Å². The Morgan fingerprint density at radius 1 is 1.43 bits per heavy atom. The van der Waals surface area contributed by atoms with E-state index in [1.165, 1.54) is 11.3 Å². The molecule has 2 rings (SSSR count). The average Bonchev–Trinajstić information content (AvgIpc) is 2.90. The molecule has 2 aromatic rings. The molecule has 0 bridgehead atoms. The first-order valence-electron chi connectivity index (χ1n) is 6.23. The van der Waals surface area contributed by atoms with Crippen molar-refractivity contribution in [3.63, 3.8) is 0 Å². The first-order valence-corrected chi connectivity index (χ1v) is 7.05. The second-order valence-electron chi connectivity index (χ2n) is 4.07. The summed E-state index contributed by atoms with van der Waals surface area (Å²) < 4.78 is 10.7. The standard InChI is InChI=1S/C13H16N4O3S/c1-4-20-9-6-10(21-12(9)13(14)17-18)8-5-11(19-3)16-7(2)15-8/h5-6,18H,4H2,1-3H3,(H2,14,17). The normalized spacial score (nSPS) is 11.5. The second kappa shape index (κ2) is 6.40. The zero-order valence-corrected chi connectivity index (χ0v) is 12.8. The van der Waals surface area contributed by atoms with E-state index in [9.17, 15) is 0 Å². The lowest BCUT2D eigenvalue weighted by Crippen LogP contribution is -2.12. The maximum Gasteiger partial charge on any atom is 0.216 e. The topological polar surface area (TPSA) is 103 Å². The van der Waals surface area contributed by atoms with Crippen LogP contribution >= 0.6 is 11.3 Å². The number of oxime groups is 1. The van der Waals surface area contributed by atoms with Crippen molar-refractivity contribution in [2.75, 3.05) is 13.7 Å². The summed E-state index contributed by atoms with van der Waals surface area (Å²) in [5.41, 5.74) is 6.37. The largest absolute Gasteiger partial charge is 0.492 e. The Balaban J connectivity index is 2.52.